The van der Waals surface area contributed by atoms with Crippen LogP contribution in [0.3, 0.4) is 0 Å². The minimum absolute atomic E-state index is 0.0440. The Bertz CT molecular complexity index is 855. The van der Waals surface area contributed by atoms with Crippen LogP contribution in [-0.4, -0.2) is 40.6 Å². The van der Waals surface area contributed by atoms with Crippen LogP contribution in [0.4, 0.5) is 0 Å². The Labute approximate surface area is 173 Å². The lowest BCUT2D eigenvalue weighted by atomic mass is 9.88. The normalized spacial score (nSPS) is 15.3. The third kappa shape index (κ3) is 4.55. The summed E-state index contributed by atoms with van der Waals surface area (Å²) in [5.41, 5.74) is 0.398. The van der Waals surface area contributed by atoms with Crippen LogP contribution < -0.4 is 4.74 Å². The Morgan fingerprint density at radius 1 is 1.07 bits per heavy atom. The van der Waals surface area contributed by atoms with Crippen LogP contribution in [0.5, 0.6) is 5.75 Å². The van der Waals surface area contributed by atoms with Gasteiger partial charge < -0.3 is 14.7 Å². The molecule has 1 aliphatic heterocycles. The molecular formula is C22H24BrNO4. The number of rotatable bonds is 5. The van der Waals surface area contributed by atoms with Gasteiger partial charge in [-0.1, -0.05) is 34.1 Å². The summed E-state index contributed by atoms with van der Waals surface area (Å²) in [6, 6.07) is 15.0. The molecule has 1 aliphatic rings. The van der Waals surface area contributed by atoms with E-state index >= 15 is 0 Å². The van der Waals surface area contributed by atoms with Crippen LogP contribution in [0.1, 0.15) is 48.5 Å². The Morgan fingerprint density at radius 2 is 1.68 bits per heavy atom. The van der Waals surface area contributed by atoms with Gasteiger partial charge in [0.2, 0.25) is 0 Å². The monoisotopic (exact) mass is 445 g/mol. The number of carboxylic acid groups (broad SMARTS) is 1. The number of aliphatic carboxylic acids is 1. The predicted octanol–water partition coefficient (Wildman–Crippen LogP) is 4.71. The van der Waals surface area contributed by atoms with E-state index in [2.05, 4.69) is 15.9 Å². The smallest absolute Gasteiger partial charge is 0.347 e. The number of hydrogen-bond donors (Lipinski definition) is 1. The van der Waals surface area contributed by atoms with Crippen molar-refractivity contribution in [2.45, 2.75) is 38.2 Å². The average Bonchev–Trinajstić information content (AvgIpc) is 2.68. The summed E-state index contributed by atoms with van der Waals surface area (Å²) in [6.07, 6.45) is 1.63. The molecule has 1 fully saturated rings. The number of amides is 1. The number of ether oxygens (including phenoxy) is 1. The van der Waals surface area contributed by atoms with E-state index < -0.39 is 11.6 Å². The van der Waals surface area contributed by atoms with Gasteiger partial charge in [-0.25, -0.2) is 4.79 Å². The molecule has 2 aromatic carbocycles. The summed E-state index contributed by atoms with van der Waals surface area (Å²) < 4.78 is 6.77. The van der Waals surface area contributed by atoms with Crippen molar-refractivity contribution in [2.75, 3.05) is 13.1 Å². The zero-order chi connectivity index (χ0) is 20.3. The number of likely N-dealkylation sites (tertiary alicyclic amines) is 1. The zero-order valence-corrected chi connectivity index (χ0v) is 17.6. The van der Waals surface area contributed by atoms with E-state index in [1.54, 1.807) is 13.8 Å². The van der Waals surface area contributed by atoms with Gasteiger partial charge in [0.25, 0.3) is 5.91 Å². The van der Waals surface area contributed by atoms with Gasteiger partial charge in [-0.2, -0.15) is 0 Å². The van der Waals surface area contributed by atoms with Gasteiger partial charge in [0, 0.05) is 23.1 Å². The van der Waals surface area contributed by atoms with Crippen LogP contribution >= 0.6 is 15.9 Å². The van der Waals surface area contributed by atoms with E-state index in [1.165, 1.54) is 0 Å². The number of para-hydroxylation sites is 1. The van der Waals surface area contributed by atoms with Crippen molar-refractivity contribution >= 4 is 27.8 Å². The first kappa shape index (κ1) is 20.4. The van der Waals surface area contributed by atoms with Gasteiger partial charge in [0.15, 0.2) is 5.60 Å². The summed E-state index contributed by atoms with van der Waals surface area (Å²) in [5.74, 6) is -0.123. The molecule has 1 amide bonds. The second-order valence-corrected chi connectivity index (χ2v) is 8.44. The van der Waals surface area contributed by atoms with Gasteiger partial charge >= 0.3 is 5.97 Å². The number of halogens is 1. The highest BCUT2D eigenvalue weighted by molar-refractivity contribution is 9.10. The van der Waals surface area contributed by atoms with Gasteiger partial charge in [-0.3, -0.25) is 4.79 Å². The molecule has 0 aliphatic carbocycles. The Kier molecular flexibility index (Phi) is 6.08. The SMILES string of the molecule is CC(C)(Oc1ccccc1C1CCN(C(=O)c2ccc(Br)cc2)CC1)C(=O)O. The fraction of sp³-hybridized carbons (Fsp3) is 0.364. The van der Waals surface area contributed by atoms with Crippen LogP contribution in [0, 0.1) is 0 Å². The third-order valence-electron chi connectivity index (χ3n) is 5.11. The third-order valence-corrected chi connectivity index (χ3v) is 5.64. The Hall–Kier alpha value is -2.34. The molecule has 2 aromatic rings. The number of piperidine rings is 1. The number of nitrogens with zero attached hydrogens (tertiary/aromatic N) is 1. The standard InChI is InChI=1S/C22H24BrNO4/c1-22(2,21(26)27)28-19-6-4-3-5-18(19)15-11-13-24(14-12-15)20(25)16-7-9-17(23)10-8-16/h3-10,15H,11-14H2,1-2H3,(H,26,27). The van der Waals surface area contributed by atoms with E-state index in [0.29, 0.717) is 24.4 Å². The maximum Gasteiger partial charge on any atom is 0.347 e. The fourth-order valence-corrected chi connectivity index (χ4v) is 3.66. The predicted molar refractivity (Wildman–Crippen MR) is 111 cm³/mol. The molecule has 28 heavy (non-hydrogen) atoms. The average molecular weight is 446 g/mol. The van der Waals surface area contributed by atoms with Gasteiger partial charge in [0.1, 0.15) is 5.75 Å². The summed E-state index contributed by atoms with van der Waals surface area (Å²) in [6.45, 7) is 4.42. The first-order chi connectivity index (χ1) is 13.3. The maximum absolute atomic E-state index is 12.7. The van der Waals surface area contributed by atoms with E-state index in [9.17, 15) is 14.7 Å². The molecule has 0 unspecified atom stereocenters. The second-order valence-electron chi connectivity index (χ2n) is 7.53. The van der Waals surface area contributed by atoms with Crippen LogP contribution in [0.25, 0.3) is 0 Å². The number of carboxylic acids is 1. The number of carbonyl (C=O) groups is 2. The number of hydrogen-bond acceptors (Lipinski definition) is 3. The fourth-order valence-electron chi connectivity index (χ4n) is 3.40. The van der Waals surface area contributed by atoms with E-state index in [4.69, 9.17) is 4.74 Å². The van der Waals surface area contributed by atoms with Crippen molar-refractivity contribution in [3.63, 3.8) is 0 Å². The molecule has 0 spiro atoms. The molecule has 0 radical (unpaired) electrons. The minimum atomic E-state index is -1.30. The van der Waals surface area contributed by atoms with Crippen molar-refractivity contribution in [1.29, 1.82) is 0 Å². The van der Waals surface area contributed by atoms with Crippen LogP contribution in [0.15, 0.2) is 53.0 Å². The lowest BCUT2D eigenvalue weighted by molar-refractivity contribution is -0.152. The molecular weight excluding hydrogens is 422 g/mol. The Morgan fingerprint density at radius 3 is 2.29 bits per heavy atom. The second kappa shape index (κ2) is 8.35. The molecule has 6 heteroatoms. The first-order valence-electron chi connectivity index (χ1n) is 9.34. The van der Waals surface area contributed by atoms with Crippen molar-refractivity contribution in [1.82, 2.24) is 4.90 Å². The molecule has 1 heterocycles. The number of carbonyl (C=O) groups excluding carboxylic acids is 1. The molecule has 0 aromatic heterocycles. The largest absolute Gasteiger partial charge is 0.478 e. The highest BCUT2D eigenvalue weighted by atomic mass is 79.9. The van der Waals surface area contributed by atoms with Crippen LogP contribution in [-0.2, 0) is 4.79 Å². The molecule has 148 valence electrons. The van der Waals surface area contributed by atoms with Crippen molar-refractivity contribution < 1.29 is 19.4 Å². The zero-order valence-electron chi connectivity index (χ0n) is 16.0. The summed E-state index contributed by atoms with van der Waals surface area (Å²) in [7, 11) is 0. The highest BCUT2D eigenvalue weighted by Crippen LogP contribution is 2.36. The summed E-state index contributed by atoms with van der Waals surface area (Å²) >= 11 is 3.39. The lowest BCUT2D eigenvalue weighted by Crippen LogP contribution is -2.39. The molecule has 0 saturated carbocycles. The van der Waals surface area contributed by atoms with Crippen molar-refractivity contribution in [2.24, 2.45) is 0 Å². The molecule has 1 N–H and O–H groups in total. The first-order valence-corrected chi connectivity index (χ1v) is 10.1. The lowest BCUT2D eigenvalue weighted by Gasteiger charge is -2.33. The summed E-state index contributed by atoms with van der Waals surface area (Å²) in [5, 5.41) is 9.35. The van der Waals surface area contributed by atoms with E-state index in [0.717, 1.165) is 22.9 Å². The van der Waals surface area contributed by atoms with Crippen molar-refractivity contribution in [3.05, 3.63) is 64.1 Å². The number of benzene rings is 2. The molecule has 3 rings (SSSR count). The quantitative estimate of drug-likeness (QED) is 0.723. The molecule has 0 bridgehead atoms. The topological polar surface area (TPSA) is 66.8 Å². The maximum atomic E-state index is 12.7. The van der Waals surface area contributed by atoms with Gasteiger partial charge in [0.05, 0.1) is 0 Å². The molecule has 5 nitrogen and oxygen atoms in total. The molecule has 1 saturated heterocycles. The van der Waals surface area contributed by atoms with E-state index in [-0.39, 0.29) is 11.8 Å². The molecule has 0 atom stereocenters. The van der Waals surface area contributed by atoms with Crippen molar-refractivity contribution in [3.8, 4) is 5.75 Å². The van der Waals surface area contributed by atoms with Gasteiger partial charge in [-0.15, -0.1) is 0 Å². The van der Waals surface area contributed by atoms with E-state index in [1.807, 2.05) is 53.4 Å². The highest BCUT2D eigenvalue weighted by Gasteiger charge is 2.32. The van der Waals surface area contributed by atoms with Crippen LogP contribution in [0.2, 0.25) is 0 Å². The minimum Gasteiger partial charge on any atom is -0.478 e. The summed E-state index contributed by atoms with van der Waals surface area (Å²) in [4.78, 5) is 26.0. The van der Waals surface area contributed by atoms with Gasteiger partial charge in [-0.05, 0) is 68.5 Å². The Balaban J connectivity index is 1.69.